The molecule has 1 heterocycles. The minimum atomic E-state index is -0.682. The topological polar surface area (TPSA) is 58.6 Å². The SMILES string of the molecule is COC(=O)C1=C(C)N(C)C(=O)N[C@H]1c1ccc(F)c(Br)c1. The fourth-order valence-electron chi connectivity index (χ4n) is 2.15. The summed E-state index contributed by atoms with van der Waals surface area (Å²) in [6.07, 6.45) is 0. The quantitative estimate of drug-likeness (QED) is 0.828. The summed E-state index contributed by atoms with van der Waals surface area (Å²) in [5.74, 6) is -0.955. The van der Waals surface area contributed by atoms with E-state index >= 15 is 0 Å². The Kier molecular flexibility index (Phi) is 4.32. The van der Waals surface area contributed by atoms with Crippen LogP contribution in [0.15, 0.2) is 33.9 Å². The Hall–Kier alpha value is -1.89. The molecule has 7 heteroatoms. The number of nitrogens with zero attached hydrogens (tertiary/aromatic N) is 1. The molecule has 1 aromatic carbocycles. The van der Waals surface area contributed by atoms with Crippen molar-refractivity contribution < 1.29 is 18.7 Å². The van der Waals surface area contributed by atoms with Gasteiger partial charge in [0.15, 0.2) is 0 Å². The number of ether oxygens (including phenoxy) is 1. The summed E-state index contributed by atoms with van der Waals surface area (Å²) in [5, 5.41) is 2.71. The third kappa shape index (κ3) is 2.78. The van der Waals surface area contributed by atoms with Crippen LogP contribution in [0.25, 0.3) is 0 Å². The van der Waals surface area contributed by atoms with Gasteiger partial charge in [0, 0.05) is 12.7 Å². The first kappa shape index (κ1) is 15.5. The van der Waals surface area contributed by atoms with Crippen LogP contribution < -0.4 is 5.32 Å². The number of urea groups is 1. The van der Waals surface area contributed by atoms with E-state index in [0.29, 0.717) is 16.8 Å². The third-order valence-electron chi connectivity index (χ3n) is 3.44. The summed E-state index contributed by atoms with van der Waals surface area (Å²) >= 11 is 3.10. The summed E-state index contributed by atoms with van der Waals surface area (Å²) in [7, 11) is 2.83. The number of carbonyl (C=O) groups is 2. The summed E-state index contributed by atoms with van der Waals surface area (Å²) in [5.41, 5.74) is 1.40. The van der Waals surface area contributed by atoms with Crippen LogP contribution in [0.2, 0.25) is 0 Å². The summed E-state index contributed by atoms with van der Waals surface area (Å²) < 4.78 is 18.4. The van der Waals surface area contributed by atoms with Crippen molar-refractivity contribution in [3.8, 4) is 0 Å². The van der Waals surface area contributed by atoms with Gasteiger partial charge in [-0.25, -0.2) is 14.0 Å². The molecule has 5 nitrogen and oxygen atoms in total. The van der Waals surface area contributed by atoms with E-state index in [1.807, 2.05) is 0 Å². The van der Waals surface area contributed by atoms with Crippen molar-refractivity contribution in [3.63, 3.8) is 0 Å². The molecule has 0 unspecified atom stereocenters. The lowest BCUT2D eigenvalue weighted by Gasteiger charge is -2.33. The lowest BCUT2D eigenvalue weighted by molar-refractivity contribution is -0.136. The highest BCUT2D eigenvalue weighted by molar-refractivity contribution is 9.10. The number of hydrogen-bond acceptors (Lipinski definition) is 3. The van der Waals surface area contributed by atoms with Crippen LogP contribution in [-0.4, -0.2) is 31.1 Å². The molecule has 1 N–H and O–H groups in total. The molecule has 21 heavy (non-hydrogen) atoms. The smallest absolute Gasteiger partial charge is 0.337 e. The molecule has 2 rings (SSSR count). The van der Waals surface area contributed by atoms with Crippen molar-refractivity contribution >= 4 is 27.9 Å². The zero-order valence-corrected chi connectivity index (χ0v) is 13.3. The predicted molar refractivity (Wildman–Crippen MR) is 77.9 cm³/mol. The zero-order valence-electron chi connectivity index (χ0n) is 11.7. The third-order valence-corrected chi connectivity index (χ3v) is 4.04. The number of methoxy groups -OCH3 is 1. The summed E-state index contributed by atoms with van der Waals surface area (Å²) in [6, 6.07) is 3.30. The van der Waals surface area contributed by atoms with Crippen LogP contribution in [0.3, 0.4) is 0 Å². The Morgan fingerprint density at radius 2 is 2.14 bits per heavy atom. The number of benzene rings is 1. The van der Waals surface area contributed by atoms with Gasteiger partial charge in [0.25, 0.3) is 0 Å². The van der Waals surface area contributed by atoms with Crippen molar-refractivity contribution in [1.29, 1.82) is 0 Å². The number of rotatable bonds is 2. The van der Waals surface area contributed by atoms with E-state index in [9.17, 15) is 14.0 Å². The van der Waals surface area contributed by atoms with Crippen molar-refractivity contribution in [2.45, 2.75) is 13.0 Å². The Bertz CT molecular complexity index is 645. The molecule has 112 valence electrons. The Labute approximate surface area is 129 Å². The highest BCUT2D eigenvalue weighted by Gasteiger charge is 2.34. The largest absolute Gasteiger partial charge is 0.466 e. The lowest BCUT2D eigenvalue weighted by atomic mass is 9.95. The Morgan fingerprint density at radius 1 is 1.48 bits per heavy atom. The number of halogens is 2. The first-order valence-electron chi connectivity index (χ1n) is 6.15. The second-order valence-corrected chi connectivity index (χ2v) is 5.46. The van der Waals surface area contributed by atoms with Crippen LogP contribution in [0.1, 0.15) is 18.5 Å². The van der Waals surface area contributed by atoms with E-state index in [-0.39, 0.29) is 10.5 Å². The molecule has 1 aromatic rings. The van der Waals surface area contributed by atoms with E-state index in [2.05, 4.69) is 21.2 Å². The number of allylic oxidation sites excluding steroid dienone is 1. The highest BCUT2D eigenvalue weighted by Crippen LogP contribution is 2.32. The monoisotopic (exact) mass is 356 g/mol. The molecule has 0 spiro atoms. The van der Waals surface area contributed by atoms with Gasteiger partial charge >= 0.3 is 12.0 Å². The molecule has 0 saturated carbocycles. The van der Waals surface area contributed by atoms with Crippen molar-refractivity contribution in [3.05, 3.63) is 45.3 Å². The van der Waals surface area contributed by atoms with Crippen molar-refractivity contribution in [2.24, 2.45) is 0 Å². The maximum Gasteiger partial charge on any atom is 0.337 e. The minimum absolute atomic E-state index is 0.259. The molecule has 0 saturated heterocycles. The first-order chi connectivity index (χ1) is 9.86. The maximum absolute atomic E-state index is 13.4. The average molecular weight is 357 g/mol. The summed E-state index contributed by atoms with van der Waals surface area (Å²) in [6.45, 7) is 1.66. The lowest BCUT2D eigenvalue weighted by Crippen LogP contribution is -2.46. The van der Waals surface area contributed by atoms with Gasteiger partial charge in [0.2, 0.25) is 0 Å². The fraction of sp³-hybridized carbons (Fsp3) is 0.286. The van der Waals surface area contributed by atoms with E-state index in [4.69, 9.17) is 4.74 Å². The second kappa shape index (κ2) is 5.85. The summed E-state index contributed by atoms with van der Waals surface area (Å²) in [4.78, 5) is 25.3. The van der Waals surface area contributed by atoms with Crippen molar-refractivity contribution in [1.82, 2.24) is 10.2 Å². The maximum atomic E-state index is 13.4. The van der Waals surface area contributed by atoms with Gasteiger partial charge in [-0.15, -0.1) is 0 Å². The predicted octanol–water partition coefficient (Wildman–Crippen LogP) is 2.73. The first-order valence-corrected chi connectivity index (χ1v) is 6.94. The molecule has 0 bridgehead atoms. The number of esters is 1. The molecule has 1 aliphatic heterocycles. The van der Waals surface area contributed by atoms with Gasteiger partial charge in [-0.3, -0.25) is 0 Å². The van der Waals surface area contributed by atoms with Crippen LogP contribution in [0.5, 0.6) is 0 Å². The van der Waals surface area contributed by atoms with E-state index in [1.54, 1.807) is 14.0 Å². The average Bonchev–Trinajstić information content (AvgIpc) is 2.46. The Balaban J connectivity index is 2.56. The molecular formula is C14H14BrFN2O3. The number of carbonyl (C=O) groups excluding carboxylic acids is 2. The van der Waals surface area contributed by atoms with Crippen LogP contribution in [-0.2, 0) is 9.53 Å². The van der Waals surface area contributed by atoms with E-state index in [0.717, 1.165) is 0 Å². The molecule has 0 fully saturated rings. The standard InChI is InChI=1S/C14H14BrFN2O3/c1-7-11(13(19)21-3)12(17-14(20)18(7)2)8-4-5-10(16)9(15)6-8/h4-6,12H,1-3H3,(H,17,20)/t12-/m0/s1. The molecule has 0 aromatic heterocycles. The van der Waals surface area contributed by atoms with Gasteiger partial charge in [0.1, 0.15) is 5.82 Å². The van der Waals surface area contributed by atoms with E-state index < -0.39 is 17.8 Å². The van der Waals surface area contributed by atoms with Gasteiger partial charge in [-0.1, -0.05) is 6.07 Å². The Morgan fingerprint density at radius 3 is 2.71 bits per heavy atom. The second-order valence-electron chi connectivity index (χ2n) is 4.61. The molecule has 0 aliphatic carbocycles. The number of amides is 2. The molecule has 2 amide bonds. The zero-order chi connectivity index (χ0) is 15.7. The molecule has 0 radical (unpaired) electrons. The van der Waals surface area contributed by atoms with Gasteiger partial charge < -0.3 is 15.0 Å². The van der Waals surface area contributed by atoms with Crippen LogP contribution >= 0.6 is 15.9 Å². The molecule has 1 aliphatic rings. The molecular weight excluding hydrogens is 343 g/mol. The van der Waals surface area contributed by atoms with Crippen LogP contribution in [0, 0.1) is 5.82 Å². The van der Waals surface area contributed by atoms with E-state index in [1.165, 1.54) is 30.2 Å². The normalized spacial score (nSPS) is 18.6. The number of nitrogens with one attached hydrogen (secondary N) is 1. The van der Waals surface area contributed by atoms with Crippen molar-refractivity contribution in [2.75, 3.05) is 14.2 Å². The minimum Gasteiger partial charge on any atom is -0.466 e. The fourth-order valence-corrected chi connectivity index (χ4v) is 2.55. The molecule has 1 atom stereocenters. The van der Waals surface area contributed by atoms with Crippen LogP contribution in [0.4, 0.5) is 9.18 Å². The van der Waals surface area contributed by atoms with Gasteiger partial charge in [-0.05, 0) is 40.5 Å². The van der Waals surface area contributed by atoms with Gasteiger partial charge in [-0.2, -0.15) is 0 Å². The number of hydrogen-bond donors (Lipinski definition) is 1. The highest BCUT2D eigenvalue weighted by atomic mass is 79.9. The van der Waals surface area contributed by atoms with Gasteiger partial charge in [0.05, 0.1) is 23.2 Å².